The summed E-state index contributed by atoms with van der Waals surface area (Å²) in [5.41, 5.74) is 0. The van der Waals surface area contributed by atoms with E-state index in [2.05, 4.69) is 88.4 Å². The van der Waals surface area contributed by atoms with Crippen molar-refractivity contribution in [2.24, 2.45) is 0 Å². The smallest absolute Gasteiger partial charge is 0.305 e. The van der Waals surface area contributed by atoms with Crippen LogP contribution in [-0.2, 0) is 28.2 Å². The Morgan fingerprint density at radius 3 is 1.59 bits per heavy atom. The normalized spacial score (nSPS) is 12.0. The fourth-order valence-electron chi connectivity index (χ4n) is 4.72. The Morgan fingerprint density at radius 2 is 1.10 bits per heavy atom. The van der Waals surface area contributed by atoms with Crippen LogP contribution in [0, 0.1) is 0 Å². The molecule has 0 aliphatic heterocycles. The second-order valence-corrected chi connectivity index (χ2v) is 15.0. The van der Waals surface area contributed by atoms with Crippen molar-refractivity contribution in [2.45, 2.75) is 71.3 Å². The molecule has 0 aliphatic carbocycles. The van der Waals surface area contributed by atoms with Gasteiger partial charge in [0.05, 0.1) is 46.2 Å². The van der Waals surface area contributed by atoms with Crippen LogP contribution in [0.1, 0.15) is 66.2 Å². The molecule has 0 aliphatic rings. The highest BCUT2D eigenvalue weighted by atomic mass is 28.4. The van der Waals surface area contributed by atoms with Crippen molar-refractivity contribution in [1.82, 2.24) is 0 Å². The molecule has 0 spiro atoms. The zero-order valence-corrected chi connectivity index (χ0v) is 25.6. The van der Waals surface area contributed by atoms with Crippen LogP contribution in [0.2, 0.25) is 5.04 Å². The number of benzene rings is 2. The SMILES string of the molecule is CCCCCCCC(=O)OCCOCCOCCOCCO[Si](c1ccccc1)(c1ccccc1)C(C)(C)C. The number of hydrogen-bond donors (Lipinski definition) is 0. The van der Waals surface area contributed by atoms with E-state index < -0.39 is 8.32 Å². The van der Waals surface area contributed by atoms with E-state index in [4.69, 9.17) is 23.4 Å². The molecule has 218 valence electrons. The maximum atomic E-state index is 11.7. The molecular weight excluding hydrogens is 508 g/mol. The summed E-state index contributed by atoms with van der Waals surface area (Å²) in [4.78, 5) is 11.7. The average Bonchev–Trinajstić information content (AvgIpc) is 2.93. The molecule has 7 heteroatoms. The van der Waals surface area contributed by atoms with Crippen LogP contribution < -0.4 is 10.4 Å². The predicted molar refractivity (Wildman–Crippen MR) is 160 cm³/mol. The minimum Gasteiger partial charge on any atom is -0.463 e. The molecule has 2 aromatic rings. The van der Waals surface area contributed by atoms with Gasteiger partial charge in [0, 0.05) is 6.42 Å². The second kappa shape index (κ2) is 19.1. The van der Waals surface area contributed by atoms with Crippen molar-refractivity contribution in [3.63, 3.8) is 0 Å². The summed E-state index contributed by atoms with van der Waals surface area (Å²) in [7, 11) is -2.52. The Balaban J connectivity index is 1.60. The fourth-order valence-corrected chi connectivity index (χ4v) is 9.26. The lowest BCUT2D eigenvalue weighted by molar-refractivity contribution is -0.145. The molecule has 0 unspecified atom stereocenters. The number of hydrogen-bond acceptors (Lipinski definition) is 6. The first-order valence-electron chi connectivity index (χ1n) is 14.6. The molecule has 0 atom stereocenters. The van der Waals surface area contributed by atoms with Gasteiger partial charge in [-0.2, -0.15) is 0 Å². The van der Waals surface area contributed by atoms with Crippen LogP contribution >= 0.6 is 0 Å². The number of unbranched alkanes of at least 4 members (excludes halogenated alkanes) is 4. The van der Waals surface area contributed by atoms with E-state index in [0.717, 1.165) is 12.8 Å². The van der Waals surface area contributed by atoms with Gasteiger partial charge >= 0.3 is 5.97 Å². The van der Waals surface area contributed by atoms with Gasteiger partial charge in [0.15, 0.2) is 0 Å². The van der Waals surface area contributed by atoms with Gasteiger partial charge in [-0.3, -0.25) is 4.79 Å². The van der Waals surface area contributed by atoms with Gasteiger partial charge in [0.1, 0.15) is 6.61 Å². The summed E-state index contributed by atoms with van der Waals surface area (Å²) in [6, 6.07) is 21.3. The van der Waals surface area contributed by atoms with Crippen LogP contribution in [0.4, 0.5) is 0 Å². The number of rotatable bonds is 21. The quantitative estimate of drug-likeness (QED) is 0.114. The molecule has 0 N–H and O–H groups in total. The summed E-state index contributed by atoms with van der Waals surface area (Å²) in [6.07, 6.45) is 6.12. The molecule has 0 saturated carbocycles. The van der Waals surface area contributed by atoms with Crippen LogP contribution in [0.3, 0.4) is 0 Å². The summed E-state index contributed by atoms with van der Waals surface area (Å²) >= 11 is 0. The van der Waals surface area contributed by atoms with Crippen LogP contribution in [0.5, 0.6) is 0 Å². The first kappa shape index (κ1) is 33.2. The molecule has 2 aromatic carbocycles. The van der Waals surface area contributed by atoms with Crippen LogP contribution in [-0.4, -0.2) is 67.1 Å². The molecule has 0 aromatic heterocycles. The third-order valence-corrected chi connectivity index (χ3v) is 11.7. The average molecular weight is 559 g/mol. The van der Waals surface area contributed by atoms with Crippen molar-refractivity contribution in [3.8, 4) is 0 Å². The molecule has 0 saturated heterocycles. The van der Waals surface area contributed by atoms with Gasteiger partial charge in [-0.25, -0.2) is 0 Å². The summed E-state index contributed by atoms with van der Waals surface area (Å²) in [5.74, 6) is -0.137. The minimum atomic E-state index is -2.52. The van der Waals surface area contributed by atoms with Gasteiger partial charge < -0.3 is 23.4 Å². The first-order chi connectivity index (χ1) is 18.9. The Labute approximate surface area is 237 Å². The molecule has 6 nitrogen and oxygen atoms in total. The Bertz CT molecular complexity index is 845. The minimum absolute atomic E-state index is 0.0502. The summed E-state index contributed by atoms with van der Waals surface area (Å²) in [5, 5.41) is 2.49. The van der Waals surface area contributed by atoms with E-state index in [1.807, 2.05) is 0 Å². The molecule has 39 heavy (non-hydrogen) atoms. The number of ether oxygens (including phenoxy) is 4. The first-order valence-corrected chi connectivity index (χ1v) is 16.5. The van der Waals surface area contributed by atoms with Gasteiger partial charge in [0.2, 0.25) is 0 Å². The van der Waals surface area contributed by atoms with E-state index in [0.29, 0.717) is 59.3 Å². The van der Waals surface area contributed by atoms with E-state index in [1.165, 1.54) is 29.6 Å². The van der Waals surface area contributed by atoms with Crippen molar-refractivity contribution in [1.29, 1.82) is 0 Å². The Morgan fingerprint density at radius 1 is 0.641 bits per heavy atom. The molecule has 0 bridgehead atoms. The third-order valence-electron chi connectivity index (χ3n) is 6.68. The summed E-state index contributed by atoms with van der Waals surface area (Å²) in [6.45, 7) is 12.7. The van der Waals surface area contributed by atoms with Crippen molar-refractivity contribution in [3.05, 3.63) is 60.7 Å². The van der Waals surface area contributed by atoms with Crippen LogP contribution in [0.15, 0.2) is 60.7 Å². The fraction of sp³-hybridized carbons (Fsp3) is 0.594. The zero-order chi connectivity index (χ0) is 28.2. The molecular formula is C32H50O6Si. The highest BCUT2D eigenvalue weighted by Crippen LogP contribution is 2.36. The number of esters is 1. The molecule has 0 radical (unpaired) electrons. The summed E-state index contributed by atoms with van der Waals surface area (Å²) < 4.78 is 28.9. The maximum Gasteiger partial charge on any atom is 0.305 e. The van der Waals surface area contributed by atoms with Crippen LogP contribution in [0.25, 0.3) is 0 Å². The molecule has 2 rings (SSSR count). The predicted octanol–water partition coefficient (Wildman–Crippen LogP) is 5.52. The Kier molecular flexibility index (Phi) is 16.3. The Hall–Kier alpha value is -2.03. The monoisotopic (exact) mass is 558 g/mol. The lowest BCUT2D eigenvalue weighted by Crippen LogP contribution is -2.66. The third kappa shape index (κ3) is 11.9. The standard InChI is InChI=1S/C32H50O6Si/c1-5-6-7-8-15-20-31(33)37-27-25-35-23-21-34-22-24-36-26-28-38-39(32(2,3)4,29-16-11-9-12-17-29)30-18-13-10-14-19-30/h9-14,16-19H,5-8,15,20-28H2,1-4H3. The highest BCUT2D eigenvalue weighted by molar-refractivity contribution is 6.99. The lowest BCUT2D eigenvalue weighted by Gasteiger charge is -2.43. The van der Waals surface area contributed by atoms with Gasteiger partial charge in [0.25, 0.3) is 8.32 Å². The van der Waals surface area contributed by atoms with Crippen molar-refractivity contribution < 1.29 is 28.2 Å². The van der Waals surface area contributed by atoms with Crippen molar-refractivity contribution in [2.75, 3.05) is 52.9 Å². The molecule has 0 fully saturated rings. The van der Waals surface area contributed by atoms with Gasteiger partial charge in [-0.1, -0.05) is 114 Å². The van der Waals surface area contributed by atoms with Crippen molar-refractivity contribution >= 4 is 24.7 Å². The molecule has 0 amide bonds. The van der Waals surface area contributed by atoms with E-state index in [1.54, 1.807) is 0 Å². The maximum absolute atomic E-state index is 11.7. The van der Waals surface area contributed by atoms with Gasteiger partial charge in [-0.15, -0.1) is 0 Å². The molecule has 0 heterocycles. The topological polar surface area (TPSA) is 63.2 Å². The largest absolute Gasteiger partial charge is 0.463 e. The van der Waals surface area contributed by atoms with Gasteiger partial charge in [-0.05, 0) is 21.8 Å². The zero-order valence-electron chi connectivity index (χ0n) is 24.6. The number of carbonyl (C=O) groups excluding carboxylic acids is 1. The number of carbonyl (C=O) groups is 1. The van der Waals surface area contributed by atoms with E-state index >= 15 is 0 Å². The lowest BCUT2D eigenvalue weighted by atomic mass is 10.1. The van der Waals surface area contributed by atoms with E-state index in [-0.39, 0.29) is 11.0 Å². The van der Waals surface area contributed by atoms with E-state index in [9.17, 15) is 4.79 Å². The second-order valence-electron chi connectivity index (χ2n) is 10.7. The highest BCUT2D eigenvalue weighted by Gasteiger charge is 2.49.